The summed E-state index contributed by atoms with van der Waals surface area (Å²) >= 11 is 1.58. The van der Waals surface area contributed by atoms with Gasteiger partial charge in [0.25, 0.3) is 5.56 Å². The van der Waals surface area contributed by atoms with Gasteiger partial charge in [0, 0.05) is 29.9 Å². The SMILES string of the molecule is Cc1nc(COc2cc(-n3ccccc3=O)ccn2)cs1. The van der Waals surface area contributed by atoms with Gasteiger partial charge in [-0.2, -0.15) is 0 Å². The lowest BCUT2D eigenvalue weighted by molar-refractivity contribution is 0.290. The number of thiazole rings is 1. The summed E-state index contributed by atoms with van der Waals surface area (Å²) < 4.78 is 7.17. The summed E-state index contributed by atoms with van der Waals surface area (Å²) in [5.74, 6) is 0.467. The summed E-state index contributed by atoms with van der Waals surface area (Å²) in [6.07, 6.45) is 3.33. The van der Waals surface area contributed by atoms with Crippen LogP contribution in [0.2, 0.25) is 0 Å². The third-order valence-corrected chi connectivity index (χ3v) is 3.68. The van der Waals surface area contributed by atoms with Crippen molar-refractivity contribution in [2.75, 3.05) is 0 Å². The van der Waals surface area contributed by atoms with Crippen LogP contribution < -0.4 is 10.3 Å². The number of ether oxygens (including phenoxy) is 1. The molecule has 0 radical (unpaired) electrons. The van der Waals surface area contributed by atoms with Gasteiger partial charge in [0.05, 0.1) is 16.4 Å². The summed E-state index contributed by atoms with van der Waals surface area (Å²) in [5.41, 5.74) is 1.51. The number of nitrogens with zero attached hydrogens (tertiary/aromatic N) is 3. The van der Waals surface area contributed by atoms with E-state index in [1.54, 1.807) is 52.6 Å². The molecule has 0 aliphatic rings. The van der Waals surface area contributed by atoms with E-state index in [1.807, 2.05) is 12.3 Å². The second-order valence-corrected chi connectivity index (χ2v) is 5.47. The Morgan fingerprint density at radius 3 is 3.00 bits per heavy atom. The zero-order valence-corrected chi connectivity index (χ0v) is 12.2. The van der Waals surface area contributed by atoms with Gasteiger partial charge in [-0.15, -0.1) is 11.3 Å². The molecule has 0 aliphatic heterocycles. The monoisotopic (exact) mass is 299 g/mol. The smallest absolute Gasteiger partial charge is 0.255 e. The molecule has 0 atom stereocenters. The summed E-state index contributed by atoms with van der Waals surface area (Å²) in [6.45, 7) is 2.32. The zero-order chi connectivity index (χ0) is 14.7. The van der Waals surface area contributed by atoms with Crippen LogP contribution in [-0.2, 0) is 6.61 Å². The third-order valence-electron chi connectivity index (χ3n) is 2.85. The van der Waals surface area contributed by atoms with Crippen molar-refractivity contribution in [1.82, 2.24) is 14.5 Å². The van der Waals surface area contributed by atoms with Gasteiger partial charge >= 0.3 is 0 Å². The zero-order valence-electron chi connectivity index (χ0n) is 11.4. The topological polar surface area (TPSA) is 57.0 Å². The second-order valence-electron chi connectivity index (χ2n) is 4.41. The van der Waals surface area contributed by atoms with Crippen LogP contribution in [0.15, 0.2) is 52.9 Å². The molecule has 3 rings (SSSR count). The van der Waals surface area contributed by atoms with Gasteiger partial charge in [-0.3, -0.25) is 9.36 Å². The summed E-state index contributed by atoms with van der Waals surface area (Å²) in [5, 5.41) is 2.96. The first kappa shape index (κ1) is 13.5. The Morgan fingerprint density at radius 1 is 1.33 bits per heavy atom. The molecule has 3 aromatic rings. The van der Waals surface area contributed by atoms with Crippen LogP contribution in [0.5, 0.6) is 5.88 Å². The van der Waals surface area contributed by atoms with E-state index in [9.17, 15) is 4.79 Å². The maximum absolute atomic E-state index is 11.8. The average Bonchev–Trinajstić information content (AvgIpc) is 2.92. The maximum Gasteiger partial charge on any atom is 0.255 e. The van der Waals surface area contributed by atoms with Gasteiger partial charge in [0.15, 0.2) is 0 Å². The minimum Gasteiger partial charge on any atom is -0.471 e. The Hall–Kier alpha value is -2.47. The van der Waals surface area contributed by atoms with Crippen LogP contribution in [-0.4, -0.2) is 14.5 Å². The van der Waals surface area contributed by atoms with Crippen LogP contribution in [0.3, 0.4) is 0 Å². The molecule has 0 unspecified atom stereocenters. The Bertz CT molecular complexity index is 810. The molecule has 0 saturated carbocycles. The molecule has 5 nitrogen and oxygen atoms in total. The highest BCUT2D eigenvalue weighted by atomic mass is 32.1. The summed E-state index contributed by atoms with van der Waals surface area (Å²) in [7, 11) is 0. The quantitative estimate of drug-likeness (QED) is 0.743. The molecule has 3 heterocycles. The molecule has 0 saturated heterocycles. The van der Waals surface area contributed by atoms with Gasteiger partial charge in [-0.05, 0) is 19.1 Å². The summed E-state index contributed by atoms with van der Waals surface area (Å²) in [6, 6.07) is 8.53. The van der Waals surface area contributed by atoms with Crippen LogP contribution >= 0.6 is 11.3 Å². The first-order valence-corrected chi connectivity index (χ1v) is 7.28. The number of rotatable bonds is 4. The van der Waals surface area contributed by atoms with Crippen molar-refractivity contribution in [3.63, 3.8) is 0 Å². The number of hydrogen-bond acceptors (Lipinski definition) is 5. The van der Waals surface area contributed by atoms with E-state index in [0.717, 1.165) is 16.4 Å². The predicted octanol–water partition coefficient (Wildman–Crippen LogP) is 2.58. The normalized spacial score (nSPS) is 10.5. The highest BCUT2D eigenvalue weighted by molar-refractivity contribution is 7.09. The van der Waals surface area contributed by atoms with E-state index >= 15 is 0 Å². The molecule has 0 amide bonds. The fraction of sp³-hybridized carbons (Fsp3) is 0.133. The molecule has 3 aromatic heterocycles. The Balaban J connectivity index is 1.80. The van der Waals surface area contributed by atoms with Crippen molar-refractivity contribution in [3.8, 4) is 11.6 Å². The third kappa shape index (κ3) is 3.17. The number of aryl methyl sites for hydroxylation is 1. The Morgan fingerprint density at radius 2 is 2.24 bits per heavy atom. The molecular formula is C15H13N3O2S. The van der Waals surface area contributed by atoms with Crippen molar-refractivity contribution in [2.24, 2.45) is 0 Å². The minimum atomic E-state index is -0.0928. The average molecular weight is 299 g/mol. The van der Waals surface area contributed by atoms with Crippen LogP contribution in [0.4, 0.5) is 0 Å². The first-order chi connectivity index (χ1) is 10.2. The fourth-order valence-corrected chi connectivity index (χ4v) is 2.49. The molecular weight excluding hydrogens is 286 g/mol. The molecule has 106 valence electrons. The number of hydrogen-bond donors (Lipinski definition) is 0. The molecule has 21 heavy (non-hydrogen) atoms. The van der Waals surface area contributed by atoms with Crippen molar-refractivity contribution < 1.29 is 4.74 Å². The van der Waals surface area contributed by atoms with E-state index in [4.69, 9.17) is 4.74 Å². The number of aromatic nitrogens is 3. The van der Waals surface area contributed by atoms with Crippen molar-refractivity contribution in [2.45, 2.75) is 13.5 Å². The summed E-state index contributed by atoms with van der Waals surface area (Å²) in [4.78, 5) is 20.3. The molecule has 0 spiro atoms. The molecule has 0 fully saturated rings. The van der Waals surface area contributed by atoms with Gasteiger partial charge < -0.3 is 4.74 Å². The second kappa shape index (κ2) is 5.88. The molecule has 6 heteroatoms. The van der Waals surface area contributed by atoms with E-state index in [-0.39, 0.29) is 5.56 Å². The molecule has 0 bridgehead atoms. The lowest BCUT2D eigenvalue weighted by Gasteiger charge is -2.07. The van der Waals surface area contributed by atoms with Crippen molar-refractivity contribution in [1.29, 1.82) is 0 Å². The van der Waals surface area contributed by atoms with Crippen molar-refractivity contribution in [3.05, 3.63) is 69.2 Å². The van der Waals surface area contributed by atoms with E-state index in [1.165, 1.54) is 6.07 Å². The predicted molar refractivity (Wildman–Crippen MR) is 81.0 cm³/mol. The van der Waals surface area contributed by atoms with E-state index < -0.39 is 0 Å². The Labute approximate surface area is 125 Å². The molecule has 0 aliphatic carbocycles. The van der Waals surface area contributed by atoms with Gasteiger partial charge in [-0.1, -0.05) is 6.07 Å². The van der Waals surface area contributed by atoms with Crippen LogP contribution in [0.25, 0.3) is 5.69 Å². The van der Waals surface area contributed by atoms with E-state index in [0.29, 0.717) is 12.5 Å². The maximum atomic E-state index is 11.8. The molecule has 0 N–H and O–H groups in total. The van der Waals surface area contributed by atoms with Crippen LogP contribution in [0, 0.1) is 6.92 Å². The fourth-order valence-electron chi connectivity index (χ4n) is 1.89. The first-order valence-electron chi connectivity index (χ1n) is 6.40. The lowest BCUT2D eigenvalue weighted by atomic mass is 10.3. The van der Waals surface area contributed by atoms with Crippen LogP contribution in [0.1, 0.15) is 10.7 Å². The Kier molecular flexibility index (Phi) is 3.79. The highest BCUT2D eigenvalue weighted by Gasteiger charge is 2.04. The van der Waals surface area contributed by atoms with Gasteiger partial charge in [-0.25, -0.2) is 9.97 Å². The van der Waals surface area contributed by atoms with E-state index in [2.05, 4.69) is 9.97 Å². The van der Waals surface area contributed by atoms with Crippen molar-refractivity contribution >= 4 is 11.3 Å². The number of pyridine rings is 2. The standard InChI is InChI=1S/C15H13N3O2S/c1-11-17-12(10-21-11)9-20-14-8-13(5-6-16-14)18-7-3-2-4-15(18)19/h2-8,10H,9H2,1H3. The lowest BCUT2D eigenvalue weighted by Crippen LogP contribution is -2.15. The largest absolute Gasteiger partial charge is 0.471 e. The van der Waals surface area contributed by atoms with Gasteiger partial charge in [0.1, 0.15) is 6.61 Å². The minimum absolute atomic E-state index is 0.0928. The highest BCUT2D eigenvalue weighted by Crippen LogP contribution is 2.15. The molecule has 0 aromatic carbocycles. The van der Waals surface area contributed by atoms with Gasteiger partial charge in [0.2, 0.25) is 5.88 Å².